The first-order valence-electron chi connectivity index (χ1n) is 11.7. The standard InChI is InChI=1S/C25H36O9/c1-5-12-32-18-10-8-16(13-19(18)31-4)9-11-22(26)34-21-15-25(30,24(28)29)14-20(23(21)27)33-17(6-2)7-3/h8-11,13,17,20-21,23,27,30H,5-7,12,14-15H2,1-4H3,(H,28,29)/b11-9+. The van der Waals surface area contributed by atoms with E-state index in [9.17, 15) is 24.9 Å². The Kier molecular flexibility index (Phi) is 10.3. The first-order valence-corrected chi connectivity index (χ1v) is 11.7. The van der Waals surface area contributed by atoms with Gasteiger partial charge in [0.15, 0.2) is 17.1 Å². The molecule has 1 aromatic rings. The molecule has 0 saturated heterocycles. The highest BCUT2D eigenvalue weighted by Gasteiger charge is 2.51. The van der Waals surface area contributed by atoms with E-state index in [0.717, 1.165) is 6.42 Å². The number of carbonyl (C=O) groups is 2. The van der Waals surface area contributed by atoms with Crippen LogP contribution in [-0.4, -0.2) is 71.0 Å². The van der Waals surface area contributed by atoms with E-state index in [2.05, 4.69) is 0 Å². The average molecular weight is 481 g/mol. The monoisotopic (exact) mass is 480 g/mol. The summed E-state index contributed by atoms with van der Waals surface area (Å²) in [6.45, 7) is 6.36. The van der Waals surface area contributed by atoms with E-state index in [0.29, 0.717) is 36.5 Å². The minimum Gasteiger partial charge on any atom is -0.493 e. The summed E-state index contributed by atoms with van der Waals surface area (Å²) in [5.41, 5.74) is -1.52. The number of hydrogen-bond acceptors (Lipinski definition) is 8. The topological polar surface area (TPSA) is 132 Å². The molecule has 3 N–H and O–H groups in total. The molecule has 190 valence electrons. The molecular weight excluding hydrogens is 444 g/mol. The number of carbonyl (C=O) groups excluding carboxylic acids is 1. The first-order chi connectivity index (χ1) is 16.2. The second-order valence-electron chi connectivity index (χ2n) is 8.42. The van der Waals surface area contributed by atoms with Crippen LogP contribution < -0.4 is 9.47 Å². The van der Waals surface area contributed by atoms with Gasteiger partial charge in [0.2, 0.25) is 0 Å². The molecule has 2 rings (SSSR count). The molecule has 0 aliphatic heterocycles. The maximum atomic E-state index is 12.5. The van der Waals surface area contributed by atoms with Gasteiger partial charge in [0.05, 0.1) is 25.9 Å². The Bertz CT molecular complexity index is 849. The molecule has 1 aliphatic carbocycles. The van der Waals surface area contributed by atoms with Gasteiger partial charge in [0, 0.05) is 18.9 Å². The number of carboxylic acid groups (broad SMARTS) is 1. The van der Waals surface area contributed by atoms with Crippen LogP contribution in [0, 0.1) is 0 Å². The van der Waals surface area contributed by atoms with Crippen molar-refractivity contribution in [3.05, 3.63) is 29.8 Å². The van der Waals surface area contributed by atoms with E-state index in [1.807, 2.05) is 20.8 Å². The van der Waals surface area contributed by atoms with Crippen molar-refractivity contribution < 1.29 is 43.9 Å². The lowest BCUT2D eigenvalue weighted by atomic mass is 9.79. The predicted octanol–water partition coefficient (Wildman–Crippen LogP) is 2.95. The summed E-state index contributed by atoms with van der Waals surface area (Å²) in [7, 11) is 1.52. The Labute approximate surface area is 200 Å². The van der Waals surface area contributed by atoms with Crippen LogP contribution in [-0.2, 0) is 19.1 Å². The quantitative estimate of drug-likeness (QED) is 0.305. The Morgan fingerprint density at radius 3 is 2.41 bits per heavy atom. The summed E-state index contributed by atoms with van der Waals surface area (Å²) in [6.07, 6.45) is 0.383. The van der Waals surface area contributed by atoms with Gasteiger partial charge in [-0.3, -0.25) is 0 Å². The number of rotatable bonds is 12. The summed E-state index contributed by atoms with van der Waals surface area (Å²) in [6, 6.07) is 5.18. The maximum Gasteiger partial charge on any atom is 0.335 e. The van der Waals surface area contributed by atoms with Gasteiger partial charge in [-0.25, -0.2) is 9.59 Å². The van der Waals surface area contributed by atoms with Crippen LogP contribution in [0.3, 0.4) is 0 Å². The zero-order valence-electron chi connectivity index (χ0n) is 20.2. The molecule has 4 atom stereocenters. The summed E-state index contributed by atoms with van der Waals surface area (Å²) < 4.78 is 22.1. The number of aliphatic hydroxyl groups is 2. The van der Waals surface area contributed by atoms with Crippen LogP contribution in [0.1, 0.15) is 58.4 Å². The van der Waals surface area contributed by atoms with Crippen molar-refractivity contribution in [3.63, 3.8) is 0 Å². The highest BCUT2D eigenvalue weighted by molar-refractivity contribution is 5.87. The van der Waals surface area contributed by atoms with E-state index < -0.39 is 42.3 Å². The van der Waals surface area contributed by atoms with Crippen LogP contribution in [0.5, 0.6) is 11.5 Å². The van der Waals surface area contributed by atoms with Gasteiger partial charge in [-0.15, -0.1) is 0 Å². The fourth-order valence-electron chi connectivity index (χ4n) is 3.84. The number of esters is 1. The minimum atomic E-state index is -2.17. The number of aliphatic hydroxyl groups excluding tert-OH is 1. The van der Waals surface area contributed by atoms with Crippen molar-refractivity contribution in [2.24, 2.45) is 0 Å². The van der Waals surface area contributed by atoms with Gasteiger partial charge < -0.3 is 34.3 Å². The van der Waals surface area contributed by atoms with Gasteiger partial charge in [-0.1, -0.05) is 26.8 Å². The third-order valence-corrected chi connectivity index (χ3v) is 5.84. The van der Waals surface area contributed by atoms with Crippen molar-refractivity contribution in [1.29, 1.82) is 0 Å². The summed E-state index contributed by atoms with van der Waals surface area (Å²) in [4.78, 5) is 24.2. The molecule has 34 heavy (non-hydrogen) atoms. The van der Waals surface area contributed by atoms with Gasteiger partial charge in [-0.05, 0) is 43.0 Å². The number of aliphatic carboxylic acids is 1. The van der Waals surface area contributed by atoms with Crippen LogP contribution in [0.25, 0.3) is 6.08 Å². The Morgan fingerprint density at radius 1 is 1.15 bits per heavy atom. The average Bonchev–Trinajstić information content (AvgIpc) is 2.82. The lowest BCUT2D eigenvalue weighted by Crippen LogP contribution is -2.58. The number of benzene rings is 1. The normalized spacial score (nSPS) is 24.9. The van der Waals surface area contributed by atoms with E-state index in [1.54, 1.807) is 18.2 Å². The molecule has 1 fully saturated rings. The zero-order chi connectivity index (χ0) is 25.3. The van der Waals surface area contributed by atoms with E-state index in [4.69, 9.17) is 18.9 Å². The van der Waals surface area contributed by atoms with Gasteiger partial charge in [-0.2, -0.15) is 0 Å². The Hall–Kier alpha value is -2.62. The molecule has 0 heterocycles. The summed E-state index contributed by atoms with van der Waals surface area (Å²) >= 11 is 0. The molecular formula is C25H36O9. The number of carboxylic acids is 1. The van der Waals surface area contributed by atoms with Gasteiger partial charge >= 0.3 is 11.9 Å². The third kappa shape index (κ3) is 7.19. The number of ether oxygens (including phenoxy) is 4. The molecule has 1 aromatic carbocycles. The SMILES string of the molecule is CCCOc1ccc(/C=C/C(=O)OC2CC(O)(C(=O)O)CC(OC(CC)CC)C2O)cc1OC. The Balaban J connectivity index is 2.13. The maximum absolute atomic E-state index is 12.5. The molecule has 0 amide bonds. The van der Waals surface area contributed by atoms with E-state index in [1.165, 1.54) is 19.3 Å². The smallest absolute Gasteiger partial charge is 0.335 e. The first kappa shape index (κ1) is 27.6. The minimum absolute atomic E-state index is 0.216. The summed E-state index contributed by atoms with van der Waals surface area (Å²) in [5, 5.41) is 30.8. The largest absolute Gasteiger partial charge is 0.493 e. The van der Waals surface area contributed by atoms with Crippen LogP contribution in [0.4, 0.5) is 0 Å². The van der Waals surface area contributed by atoms with Crippen LogP contribution in [0.15, 0.2) is 24.3 Å². The molecule has 4 unspecified atom stereocenters. The molecule has 1 aliphatic rings. The highest BCUT2D eigenvalue weighted by Crippen LogP contribution is 2.34. The number of hydrogen-bond donors (Lipinski definition) is 3. The molecule has 0 radical (unpaired) electrons. The molecule has 0 spiro atoms. The fourth-order valence-corrected chi connectivity index (χ4v) is 3.84. The predicted molar refractivity (Wildman–Crippen MR) is 125 cm³/mol. The molecule has 9 nitrogen and oxygen atoms in total. The molecule has 9 heteroatoms. The van der Waals surface area contributed by atoms with Crippen molar-refractivity contribution in [1.82, 2.24) is 0 Å². The molecule has 0 bridgehead atoms. The zero-order valence-corrected chi connectivity index (χ0v) is 20.2. The van der Waals surface area contributed by atoms with Crippen molar-refractivity contribution in [2.45, 2.75) is 82.9 Å². The van der Waals surface area contributed by atoms with Crippen molar-refractivity contribution in [3.8, 4) is 11.5 Å². The lowest BCUT2D eigenvalue weighted by molar-refractivity contribution is -0.209. The van der Waals surface area contributed by atoms with E-state index in [-0.39, 0.29) is 12.5 Å². The molecule has 0 aromatic heterocycles. The molecule has 1 saturated carbocycles. The van der Waals surface area contributed by atoms with Crippen LogP contribution >= 0.6 is 0 Å². The van der Waals surface area contributed by atoms with Gasteiger partial charge in [0.25, 0.3) is 0 Å². The van der Waals surface area contributed by atoms with Crippen molar-refractivity contribution in [2.75, 3.05) is 13.7 Å². The highest BCUT2D eigenvalue weighted by atomic mass is 16.6. The second-order valence-corrected chi connectivity index (χ2v) is 8.42. The Morgan fingerprint density at radius 2 is 1.82 bits per heavy atom. The van der Waals surface area contributed by atoms with Gasteiger partial charge in [0.1, 0.15) is 12.2 Å². The second kappa shape index (κ2) is 12.7. The van der Waals surface area contributed by atoms with Crippen LogP contribution in [0.2, 0.25) is 0 Å². The fraction of sp³-hybridized carbons (Fsp3) is 0.600. The third-order valence-electron chi connectivity index (χ3n) is 5.84. The van der Waals surface area contributed by atoms with E-state index >= 15 is 0 Å². The number of methoxy groups -OCH3 is 1. The lowest BCUT2D eigenvalue weighted by Gasteiger charge is -2.42. The summed E-state index contributed by atoms with van der Waals surface area (Å²) in [5.74, 6) is -1.14. The van der Waals surface area contributed by atoms with Crippen molar-refractivity contribution >= 4 is 18.0 Å².